The highest BCUT2D eigenvalue weighted by Gasteiger charge is 2.46. The smallest absolute Gasteiger partial charge is 0.376 e. The molecular weight excluding hydrogens is 404 g/mol. The van der Waals surface area contributed by atoms with E-state index in [9.17, 15) is 26.3 Å². The van der Waals surface area contributed by atoms with E-state index in [0.29, 0.717) is 6.42 Å². The Morgan fingerprint density at radius 1 is 0.893 bits per heavy atom. The molecule has 2 aromatic carbocycles. The zero-order chi connectivity index (χ0) is 20.3. The molecule has 0 aromatic heterocycles. The van der Waals surface area contributed by atoms with Gasteiger partial charge in [0.25, 0.3) is 0 Å². The molecule has 148 valence electrons. The molecule has 1 aliphatic carbocycles. The van der Waals surface area contributed by atoms with E-state index in [2.05, 4.69) is 5.32 Å². The van der Waals surface area contributed by atoms with E-state index in [1.807, 2.05) is 0 Å². The lowest BCUT2D eigenvalue weighted by molar-refractivity contribution is -0.138. The minimum Gasteiger partial charge on any atom is -0.376 e. The maximum absolute atomic E-state index is 13.6. The summed E-state index contributed by atoms with van der Waals surface area (Å²) in [5.74, 6) is -1.14. The lowest BCUT2D eigenvalue weighted by atomic mass is 9.74. The maximum atomic E-state index is 13.6. The fourth-order valence-corrected chi connectivity index (χ4v) is 4.48. The Hall–Kier alpha value is -2.15. The summed E-state index contributed by atoms with van der Waals surface area (Å²) in [6, 6.07) is 6.37. The Morgan fingerprint density at radius 3 is 2.25 bits per heavy atom. The molecule has 0 radical (unpaired) electrons. The SMILES string of the molecule is FC(F)(F)c1ccccc1[C@@H]1Nc2c(Cl)ccc(C(F)(F)F)c2[C@@H]2C=CC[C@H]21. The van der Waals surface area contributed by atoms with Gasteiger partial charge in [0.1, 0.15) is 0 Å². The van der Waals surface area contributed by atoms with Crippen LogP contribution >= 0.6 is 11.6 Å². The molecule has 3 atom stereocenters. The van der Waals surface area contributed by atoms with Crippen LogP contribution in [0.4, 0.5) is 32.0 Å². The predicted octanol–water partition coefficient (Wildman–Crippen LogP) is 7.20. The second kappa shape index (κ2) is 6.44. The normalized spacial score (nSPS) is 23.9. The molecule has 28 heavy (non-hydrogen) atoms. The van der Waals surface area contributed by atoms with Gasteiger partial charge in [-0.25, -0.2) is 0 Å². The summed E-state index contributed by atoms with van der Waals surface area (Å²) >= 11 is 6.16. The quantitative estimate of drug-likeness (QED) is 0.382. The van der Waals surface area contributed by atoms with E-state index < -0.39 is 41.4 Å². The van der Waals surface area contributed by atoms with Gasteiger partial charge in [-0.3, -0.25) is 0 Å². The highest BCUT2D eigenvalue weighted by atomic mass is 35.5. The van der Waals surface area contributed by atoms with Crippen molar-refractivity contribution in [3.8, 4) is 0 Å². The minimum absolute atomic E-state index is 0.000472. The van der Waals surface area contributed by atoms with Crippen molar-refractivity contribution >= 4 is 17.3 Å². The summed E-state index contributed by atoms with van der Waals surface area (Å²) in [5.41, 5.74) is -1.56. The first-order valence-corrected chi connectivity index (χ1v) is 8.95. The second-order valence-corrected chi connectivity index (χ2v) is 7.35. The van der Waals surface area contributed by atoms with Crippen molar-refractivity contribution in [2.24, 2.45) is 5.92 Å². The van der Waals surface area contributed by atoms with Gasteiger partial charge in [-0.15, -0.1) is 0 Å². The zero-order valence-corrected chi connectivity index (χ0v) is 15.0. The molecule has 0 unspecified atom stereocenters. The third-order valence-corrected chi connectivity index (χ3v) is 5.69. The van der Waals surface area contributed by atoms with Crippen LogP contribution in [0.5, 0.6) is 0 Å². The van der Waals surface area contributed by atoms with Gasteiger partial charge in [0.05, 0.1) is 27.9 Å². The Kier molecular flexibility index (Phi) is 4.41. The lowest BCUT2D eigenvalue weighted by Gasteiger charge is -2.40. The van der Waals surface area contributed by atoms with Crippen molar-refractivity contribution in [2.45, 2.75) is 30.7 Å². The van der Waals surface area contributed by atoms with E-state index in [0.717, 1.165) is 18.2 Å². The van der Waals surface area contributed by atoms with Gasteiger partial charge in [-0.1, -0.05) is 42.0 Å². The van der Waals surface area contributed by atoms with Crippen molar-refractivity contribution in [1.82, 2.24) is 0 Å². The van der Waals surface area contributed by atoms with Gasteiger partial charge in [-0.05, 0) is 41.7 Å². The van der Waals surface area contributed by atoms with Crippen molar-refractivity contribution in [1.29, 1.82) is 0 Å². The molecule has 0 fully saturated rings. The van der Waals surface area contributed by atoms with Crippen LogP contribution in [0, 0.1) is 5.92 Å². The zero-order valence-electron chi connectivity index (χ0n) is 14.2. The lowest BCUT2D eigenvalue weighted by Crippen LogP contribution is -2.32. The Balaban J connectivity index is 1.90. The van der Waals surface area contributed by atoms with Crippen LogP contribution in [0.15, 0.2) is 48.6 Å². The van der Waals surface area contributed by atoms with Crippen molar-refractivity contribution in [3.05, 3.63) is 75.8 Å². The maximum Gasteiger partial charge on any atom is 0.416 e. The molecule has 0 spiro atoms. The van der Waals surface area contributed by atoms with Crippen LogP contribution in [-0.4, -0.2) is 0 Å². The Labute approximate surface area is 162 Å². The molecule has 1 nitrogen and oxygen atoms in total. The van der Waals surface area contributed by atoms with Gasteiger partial charge in [0, 0.05) is 5.92 Å². The number of halogens is 7. The number of hydrogen-bond donors (Lipinski definition) is 1. The van der Waals surface area contributed by atoms with E-state index in [-0.39, 0.29) is 21.8 Å². The van der Waals surface area contributed by atoms with E-state index in [4.69, 9.17) is 11.6 Å². The third-order valence-electron chi connectivity index (χ3n) is 5.38. The third kappa shape index (κ3) is 3.05. The molecule has 2 aromatic rings. The molecule has 8 heteroatoms. The van der Waals surface area contributed by atoms with Crippen LogP contribution in [0.25, 0.3) is 0 Å². The Morgan fingerprint density at radius 2 is 1.57 bits per heavy atom. The number of alkyl halides is 6. The fourth-order valence-electron chi connectivity index (χ4n) is 4.26. The van der Waals surface area contributed by atoms with E-state index in [1.165, 1.54) is 18.2 Å². The predicted molar refractivity (Wildman–Crippen MR) is 94.2 cm³/mol. The molecule has 1 aliphatic heterocycles. The number of benzene rings is 2. The average Bonchev–Trinajstić information content (AvgIpc) is 3.09. The molecular formula is C20H14ClF6N. The standard InChI is InChI=1S/C20H14ClF6N/c21-15-9-8-14(20(25,26)27)16-10-5-3-6-11(10)17(28-18(15)16)12-4-1-2-7-13(12)19(22,23)24/h1-5,7-11,17,28H,6H2/t10-,11-,17-/m1/s1. The highest BCUT2D eigenvalue weighted by molar-refractivity contribution is 6.33. The topological polar surface area (TPSA) is 12.0 Å². The average molecular weight is 418 g/mol. The van der Waals surface area contributed by atoms with Gasteiger partial charge >= 0.3 is 12.4 Å². The summed E-state index contributed by atoms with van der Waals surface area (Å²) < 4.78 is 81.3. The number of hydrogen-bond acceptors (Lipinski definition) is 1. The van der Waals surface area contributed by atoms with E-state index >= 15 is 0 Å². The number of fused-ring (bicyclic) bond motifs is 3. The summed E-state index contributed by atoms with van der Waals surface area (Å²) in [6.07, 6.45) is -5.43. The van der Waals surface area contributed by atoms with Crippen LogP contribution in [0.2, 0.25) is 5.02 Å². The van der Waals surface area contributed by atoms with Crippen LogP contribution in [-0.2, 0) is 12.4 Å². The molecule has 0 bridgehead atoms. The first-order chi connectivity index (χ1) is 13.1. The molecule has 1 N–H and O–H groups in total. The first kappa shape index (κ1) is 19.2. The fraction of sp³-hybridized carbons (Fsp3) is 0.300. The summed E-state index contributed by atoms with van der Waals surface area (Å²) in [6.45, 7) is 0. The summed E-state index contributed by atoms with van der Waals surface area (Å²) in [7, 11) is 0. The van der Waals surface area contributed by atoms with Crippen molar-refractivity contribution in [3.63, 3.8) is 0 Å². The van der Waals surface area contributed by atoms with Gasteiger partial charge in [-0.2, -0.15) is 26.3 Å². The molecule has 0 saturated carbocycles. The first-order valence-electron chi connectivity index (χ1n) is 8.58. The number of allylic oxidation sites excluding steroid dienone is 2. The highest BCUT2D eigenvalue weighted by Crippen LogP contribution is 2.55. The van der Waals surface area contributed by atoms with E-state index in [1.54, 1.807) is 12.2 Å². The largest absolute Gasteiger partial charge is 0.416 e. The second-order valence-electron chi connectivity index (χ2n) is 6.94. The molecule has 4 rings (SSSR count). The van der Waals surface area contributed by atoms with Crippen LogP contribution < -0.4 is 5.32 Å². The van der Waals surface area contributed by atoms with Gasteiger partial charge in [0.2, 0.25) is 0 Å². The van der Waals surface area contributed by atoms with Gasteiger partial charge in [0.15, 0.2) is 0 Å². The number of rotatable bonds is 1. The van der Waals surface area contributed by atoms with Crippen molar-refractivity contribution < 1.29 is 26.3 Å². The monoisotopic (exact) mass is 417 g/mol. The number of nitrogens with one attached hydrogen (secondary N) is 1. The Bertz CT molecular complexity index is 947. The summed E-state index contributed by atoms with van der Waals surface area (Å²) in [4.78, 5) is 0. The summed E-state index contributed by atoms with van der Waals surface area (Å²) in [5, 5.41) is 2.96. The molecule has 1 heterocycles. The molecule has 2 aliphatic rings. The van der Waals surface area contributed by atoms with Crippen LogP contribution in [0.1, 0.15) is 40.6 Å². The van der Waals surface area contributed by atoms with Crippen molar-refractivity contribution in [2.75, 3.05) is 5.32 Å². The number of anilines is 1. The molecule has 0 amide bonds. The van der Waals surface area contributed by atoms with Gasteiger partial charge < -0.3 is 5.32 Å². The minimum atomic E-state index is -4.59. The van der Waals surface area contributed by atoms with Crippen LogP contribution in [0.3, 0.4) is 0 Å². The molecule has 0 saturated heterocycles.